The topological polar surface area (TPSA) is 90.0 Å². The minimum Gasteiger partial charge on any atom is -0.323 e. The van der Waals surface area contributed by atoms with Crippen molar-refractivity contribution >= 4 is 33.2 Å². The summed E-state index contributed by atoms with van der Waals surface area (Å²) in [5.41, 5.74) is 3.89. The molecular weight excluding hydrogens is 476 g/mol. The van der Waals surface area contributed by atoms with Gasteiger partial charge in [0.2, 0.25) is 15.9 Å². The Kier molecular flexibility index (Phi) is 6.61. The van der Waals surface area contributed by atoms with Gasteiger partial charge in [0.05, 0.1) is 16.3 Å². The Bertz CT molecular complexity index is 1380. The van der Waals surface area contributed by atoms with Crippen LogP contribution in [0.5, 0.6) is 0 Å². The highest BCUT2D eigenvalue weighted by Gasteiger charge is 2.29. The fourth-order valence-electron chi connectivity index (χ4n) is 4.57. The van der Waals surface area contributed by atoms with Crippen LogP contribution < -0.4 is 10.2 Å². The number of sulfonamides is 1. The van der Waals surface area contributed by atoms with Crippen LogP contribution in [0.4, 0.5) is 11.4 Å². The van der Waals surface area contributed by atoms with Gasteiger partial charge in [-0.1, -0.05) is 42.0 Å². The van der Waals surface area contributed by atoms with Crippen molar-refractivity contribution in [3.05, 3.63) is 89.5 Å². The van der Waals surface area contributed by atoms with E-state index in [4.69, 9.17) is 0 Å². The van der Waals surface area contributed by atoms with Crippen LogP contribution in [-0.4, -0.2) is 62.2 Å². The van der Waals surface area contributed by atoms with Gasteiger partial charge in [0.1, 0.15) is 6.54 Å². The molecule has 0 unspecified atom stereocenters. The van der Waals surface area contributed by atoms with E-state index in [1.54, 1.807) is 34.6 Å². The number of carbonyl (C=O) groups is 2. The monoisotopic (exact) mass is 504 g/mol. The van der Waals surface area contributed by atoms with E-state index in [-0.39, 0.29) is 18.4 Å². The maximum Gasteiger partial charge on any atom is 0.258 e. The molecule has 0 saturated carbocycles. The molecule has 36 heavy (non-hydrogen) atoms. The molecule has 0 atom stereocenters. The molecule has 0 spiro atoms. The lowest BCUT2D eigenvalue weighted by Gasteiger charge is -2.34. The predicted molar refractivity (Wildman–Crippen MR) is 138 cm³/mol. The molecule has 1 N–H and O–H groups in total. The van der Waals surface area contributed by atoms with Gasteiger partial charge in [0, 0.05) is 38.3 Å². The molecule has 2 aliphatic rings. The first-order chi connectivity index (χ1) is 17.3. The van der Waals surface area contributed by atoms with E-state index < -0.39 is 10.0 Å². The van der Waals surface area contributed by atoms with Crippen molar-refractivity contribution in [1.82, 2.24) is 9.21 Å². The van der Waals surface area contributed by atoms with Crippen LogP contribution in [0, 0.1) is 6.92 Å². The van der Waals surface area contributed by atoms with Crippen LogP contribution in [0.25, 0.3) is 0 Å². The molecule has 0 radical (unpaired) electrons. The minimum atomic E-state index is -3.49. The molecule has 5 rings (SSSR count). The first-order valence-electron chi connectivity index (χ1n) is 11.9. The lowest BCUT2D eigenvalue weighted by molar-refractivity contribution is -0.115. The molecule has 3 aromatic carbocycles. The molecule has 9 heteroatoms. The van der Waals surface area contributed by atoms with Crippen molar-refractivity contribution in [3.63, 3.8) is 0 Å². The third kappa shape index (κ3) is 4.90. The van der Waals surface area contributed by atoms with Crippen molar-refractivity contribution in [3.8, 4) is 0 Å². The van der Waals surface area contributed by atoms with Gasteiger partial charge >= 0.3 is 0 Å². The van der Waals surface area contributed by atoms with Crippen LogP contribution in [0.1, 0.15) is 21.5 Å². The first kappa shape index (κ1) is 24.2. The molecule has 3 aromatic rings. The smallest absolute Gasteiger partial charge is 0.258 e. The van der Waals surface area contributed by atoms with Gasteiger partial charge in [0.25, 0.3) is 5.91 Å². The number of carbonyl (C=O) groups excluding carboxylic acids is 2. The third-order valence-corrected chi connectivity index (χ3v) is 8.53. The van der Waals surface area contributed by atoms with Gasteiger partial charge in [0.15, 0.2) is 0 Å². The second kappa shape index (κ2) is 9.85. The maximum absolute atomic E-state index is 13.1. The molecule has 8 nitrogen and oxygen atoms in total. The third-order valence-electron chi connectivity index (χ3n) is 6.61. The number of nitrogens with one attached hydrogen (secondary N) is 1. The summed E-state index contributed by atoms with van der Waals surface area (Å²) >= 11 is 0. The summed E-state index contributed by atoms with van der Waals surface area (Å²) in [7, 11) is -3.49. The summed E-state index contributed by atoms with van der Waals surface area (Å²) in [5.74, 6) is -0.444. The Hall–Kier alpha value is -3.53. The number of fused-ring (bicyclic) bond motifs is 1. The lowest BCUT2D eigenvalue weighted by Crippen LogP contribution is -2.48. The second-order valence-corrected chi connectivity index (χ2v) is 11.1. The summed E-state index contributed by atoms with van der Waals surface area (Å²) in [5, 5.41) is 2.80. The number of amides is 2. The van der Waals surface area contributed by atoms with E-state index in [2.05, 4.69) is 10.2 Å². The zero-order chi connectivity index (χ0) is 25.3. The average Bonchev–Trinajstić information content (AvgIpc) is 2.89. The number of hydrogen-bond acceptors (Lipinski definition) is 5. The maximum atomic E-state index is 13.1. The normalized spacial score (nSPS) is 16.9. The highest BCUT2D eigenvalue weighted by Crippen LogP contribution is 2.30. The molecule has 2 amide bonds. The molecule has 0 aliphatic carbocycles. The van der Waals surface area contributed by atoms with Gasteiger partial charge < -0.3 is 5.32 Å². The zero-order valence-corrected chi connectivity index (χ0v) is 20.9. The van der Waals surface area contributed by atoms with Gasteiger partial charge in [-0.05, 0) is 48.9 Å². The van der Waals surface area contributed by atoms with Crippen LogP contribution in [0.2, 0.25) is 0 Å². The number of nitrogens with zero attached hydrogens (tertiary/aromatic N) is 3. The van der Waals surface area contributed by atoms with Crippen LogP contribution in [0.3, 0.4) is 0 Å². The molecular formula is C27H28N4O4S. The number of para-hydroxylation sites is 2. The molecule has 1 fully saturated rings. The Morgan fingerprint density at radius 2 is 1.56 bits per heavy atom. The predicted octanol–water partition coefficient (Wildman–Crippen LogP) is 3.10. The summed E-state index contributed by atoms with van der Waals surface area (Å²) in [4.78, 5) is 29.3. The van der Waals surface area contributed by atoms with Gasteiger partial charge in [-0.15, -0.1) is 0 Å². The highest BCUT2D eigenvalue weighted by molar-refractivity contribution is 7.89. The molecule has 2 aliphatic heterocycles. The van der Waals surface area contributed by atoms with Crippen LogP contribution >= 0.6 is 0 Å². The number of rotatable bonds is 5. The largest absolute Gasteiger partial charge is 0.323 e. The molecule has 0 bridgehead atoms. The van der Waals surface area contributed by atoms with Gasteiger partial charge in [-0.25, -0.2) is 8.42 Å². The fraction of sp³-hybridized carbons (Fsp3) is 0.259. The van der Waals surface area contributed by atoms with Crippen molar-refractivity contribution in [2.75, 3.05) is 42.9 Å². The second-order valence-electron chi connectivity index (χ2n) is 9.15. The van der Waals surface area contributed by atoms with Crippen LogP contribution in [-0.2, 0) is 21.4 Å². The van der Waals surface area contributed by atoms with E-state index in [0.29, 0.717) is 54.6 Å². The van der Waals surface area contributed by atoms with E-state index in [1.165, 1.54) is 4.90 Å². The number of aryl methyl sites for hydroxylation is 1. The van der Waals surface area contributed by atoms with E-state index >= 15 is 0 Å². The van der Waals surface area contributed by atoms with Crippen molar-refractivity contribution in [2.45, 2.75) is 18.4 Å². The summed E-state index contributed by atoms with van der Waals surface area (Å²) in [6, 6.07) is 21.6. The Labute approximate surface area is 211 Å². The number of benzene rings is 3. The SMILES string of the molecule is Cc1ccc(S(=O)(=O)N2CCN(Cc3ccc(C(=O)N4CC(=O)Nc5ccccc54)cc3)CC2)cc1. The van der Waals surface area contributed by atoms with Crippen molar-refractivity contribution < 1.29 is 18.0 Å². The van der Waals surface area contributed by atoms with E-state index in [0.717, 1.165) is 11.1 Å². The Morgan fingerprint density at radius 1 is 0.889 bits per heavy atom. The Morgan fingerprint density at radius 3 is 2.25 bits per heavy atom. The van der Waals surface area contributed by atoms with Crippen LogP contribution in [0.15, 0.2) is 77.7 Å². The summed E-state index contributed by atoms with van der Waals surface area (Å²) in [6.45, 7) is 4.71. The first-order valence-corrected chi connectivity index (χ1v) is 13.3. The highest BCUT2D eigenvalue weighted by atomic mass is 32.2. The zero-order valence-electron chi connectivity index (χ0n) is 20.1. The summed E-state index contributed by atoms with van der Waals surface area (Å²) in [6.07, 6.45) is 0. The Balaban J connectivity index is 1.20. The fourth-order valence-corrected chi connectivity index (χ4v) is 5.99. The van der Waals surface area contributed by atoms with E-state index in [1.807, 2.05) is 49.4 Å². The van der Waals surface area contributed by atoms with Crippen molar-refractivity contribution in [1.29, 1.82) is 0 Å². The van der Waals surface area contributed by atoms with E-state index in [9.17, 15) is 18.0 Å². The minimum absolute atomic E-state index is 0.0205. The van der Waals surface area contributed by atoms with Gasteiger partial charge in [-0.3, -0.25) is 19.4 Å². The molecule has 0 aromatic heterocycles. The number of piperazine rings is 1. The summed E-state index contributed by atoms with van der Waals surface area (Å²) < 4.78 is 27.4. The standard InChI is InChI=1S/C27H28N4O4S/c1-20-6-12-23(13-7-20)36(34,35)30-16-14-29(15-17-30)18-21-8-10-22(11-9-21)27(33)31-19-26(32)28-24-4-2-3-5-25(24)31/h2-13H,14-19H2,1H3,(H,28,32). The lowest BCUT2D eigenvalue weighted by atomic mass is 10.1. The molecule has 2 heterocycles. The molecule has 186 valence electrons. The number of anilines is 2. The molecule has 1 saturated heterocycles. The van der Waals surface area contributed by atoms with Gasteiger partial charge in [-0.2, -0.15) is 4.31 Å². The quantitative estimate of drug-likeness (QED) is 0.577. The number of hydrogen-bond donors (Lipinski definition) is 1. The van der Waals surface area contributed by atoms with Crippen molar-refractivity contribution in [2.24, 2.45) is 0 Å². The average molecular weight is 505 g/mol.